The van der Waals surface area contributed by atoms with Crippen molar-refractivity contribution in [3.63, 3.8) is 0 Å². The Bertz CT molecular complexity index is 846. The van der Waals surface area contributed by atoms with E-state index in [2.05, 4.69) is 30.9 Å². The van der Waals surface area contributed by atoms with Gasteiger partial charge in [0, 0.05) is 31.6 Å². The normalized spacial score (nSPS) is 13.3. The van der Waals surface area contributed by atoms with Gasteiger partial charge in [-0.2, -0.15) is 0 Å². The highest BCUT2D eigenvalue weighted by Crippen LogP contribution is 2.39. The molecule has 142 valence electrons. The maximum absolute atomic E-state index is 13.1. The molecule has 1 amide bonds. The van der Waals surface area contributed by atoms with Gasteiger partial charge in [-0.1, -0.05) is 30.3 Å². The Kier molecular flexibility index (Phi) is 5.61. The van der Waals surface area contributed by atoms with E-state index in [0.717, 1.165) is 11.1 Å². The number of nitrogens with zero attached hydrogens (tertiary/aromatic N) is 2. The predicted molar refractivity (Wildman–Crippen MR) is 106 cm³/mol. The number of hydrogen-bond donors (Lipinski definition) is 1. The summed E-state index contributed by atoms with van der Waals surface area (Å²) in [6, 6.07) is 13.5. The Morgan fingerprint density at radius 3 is 2.48 bits per heavy atom. The van der Waals surface area contributed by atoms with Crippen molar-refractivity contribution in [1.82, 2.24) is 4.90 Å². The fourth-order valence-electron chi connectivity index (χ4n) is 3.60. The number of carbonyl (C=O) groups is 2. The molecule has 1 aliphatic rings. The number of rotatable bonds is 6. The number of fused-ring (bicyclic) bond motifs is 1. The summed E-state index contributed by atoms with van der Waals surface area (Å²) < 4.78 is 0. The molecule has 0 aliphatic carbocycles. The summed E-state index contributed by atoms with van der Waals surface area (Å²) in [5.74, 6) is -0.0536. The molecule has 0 saturated heterocycles. The summed E-state index contributed by atoms with van der Waals surface area (Å²) >= 11 is 0. The van der Waals surface area contributed by atoms with Crippen molar-refractivity contribution < 1.29 is 14.7 Å². The second kappa shape index (κ2) is 7.92. The van der Waals surface area contributed by atoms with Gasteiger partial charge in [0.25, 0.3) is 0 Å². The lowest BCUT2D eigenvalue weighted by Gasteiger charge is -2.26. The van der Waals surface area contributed by atoms with Gasteiger partial charge in [-0.05, 0) is 43.5 Å². The highest BCUT2D eigenvalue weighted by atomic mass is 16.3. The van der Waals surface area contributed by atoms with E-state index in [1.54, 1.807) is 11.0 Å². The molecule has 5 heteroatoms. The number of benzene rings is 2. The van der Waals surface area contributed by atoms with Crippen LogP contribution in [-0.4, -0.2) is 40.8 Å². The van der Waals surface area contributed by atoms with Gasteiger partial charge in [0.1, 0.15) is 5.75 Å². The van der Waals surface area contributed by atoms with E-state index in [-0.39, 0.29) is 23.5 Å². The largest absolute Gasteiger partial charge is 0.506 e. The first kappa shape index (κ1) is 19.1. The number of phenols is 1. The van der Waals surface area contributed by atoms with E-state index in [1.165, 1.54) is 13.0 Å². The molecular formula is C22H26N2O3. The molecular weight excluding hydrogens is 340 g/mol. The lowest BCUT2D eigenvalue weighted by atomic mass is 9.99. The molecule has 0 spiro atoms. The van der Waals surface area contributed by atoms with Crippen molar-refractivity contribution in [3.05, 3.63) is 59.2 Å². The molecule has 0 unspecified atom stereocenters. The zero-order valence-electron chi connectivity index (χ0n) is 16.1. The van der Waals surface area contributed by atoms with E-state index in [0.29, 0.717) is 37.3 Å². The Labute approximate surface area is 160 Å². The molecule has 5 nitrogen and oxygen atoms in total. The molecule has 0 fully saturated rings. The minimum atomic E-state index is -0.124. The third-order valence-electron chi connectivity index (χ3n) is 5.10. The summed E-state index contributed by atoms with van der Waals surface area (Å²) in [5, 5.41) is 10.2. The van der Waals surface area contributed by atoms with Gasteiger partial charge in [-0.25, -0.2) is 0 Å². The average molecular weight is 366 g/mol. The first-order chi connectivity index (χ1) is 12.9. The van der Waals surface area contributed by atoms with E-state index in [1.807, 2.05) is 18.2 Å². The standard InChI is InChI=1S/C22H26N2O3/c1-15(2)23(13-17-7-5-4-6-8-17)14-21(27)18-9-10-20(26)22-19(18)11-12-24(22)16(3)25/h4-10,15,26H,11-14H2,1-3H3. The second-order valence-electron chi connectivity index (χ2n) is 7.29. The molecule has 1 aliphatic heterocycles. The number of hydrogen-bond acceptors (Lipinski definition) is 4. The Hall–Kier alpha value is -2.66. The van der Waals surface area contributed by atoms with Gasteiger partial charge in [-0.15, -0.1) is 0 Å². The molecule has 2 aromatic rings. The third-order valence-corrected chi connectivity index (χ3v) is 5.10. The van der Waals surface area contributed by atoms with Crippen LogP contribution in [0.4, 0.5) is 5.69 Å². The molecule has 0 bridgehead atoms. The van der Waals surface area contributed by atoms with Crippen molar-refractivity contribution in [3.8, 4) is 5.75 Å². The molecule has 27 heavy (non-hydrogen) atoms. The second-order valence-corrected chi connectivity index (χ2v) is 7.29. The van der Waals surface area contributed by atoms with Crippen LogP contribution in [0.2, 0.25) is 0 Å². The summed E-state index contributed by atoms with van der Waals surface area (Å²) in [4.78, 5) is 28.6. The van der Waals surface area contributed by atoms with Crippen molar-refractivity contribution in [2.24, 2.45) is 0 Å². The van der Waals surface area contributed by atoms with Crippen LogP contribution in [0.3, 0.4) is 0 Å². The summed E-state index contributed by atoms with van der Waals surface area (Å²) in [6.45, 7) is 7.13. The highest BCUT2D eigenvalue weighted by Gasteiger charge is 2.30. The maximum Gasteiger partial charge on any atom is 0.223 e. The quantitative estimate of drug-likeness (QED) is 0.796. The van der Waals surface area contributed by atoms with Crippen molar-refractivity contribution >= 4 is 17.4 Å². The molecule has 3 rings (SSSR count). The first-order valence-corrected chi connectivity index (χ1v) is 9.32. The minimum absolute atomic E-state index is 0.0151. The number of phenolic OH excluding ortho intramolecular Hbond substituents is 1. The van der Waals surface area contributed by atoms with Crippen molar-refractivity contribution in [2.75, 3.05) is 18.0 Å². The molecule has 2 aromatic carbocycles. The SMILES string of the molecule is CC(=O)N1CCc2c(C(=O)CN(Cc3ccccc3)C(C)C)ccc(O)c21. The predicted octanol–water partition coefficient (Wildman–Crippen LogP) is 3.39. The monoisotopic (exact) mass is 366 g/mol. The number of Topliss-reactive ketones (excluding diaryl/α,β-unsaturated/α-hetero) is 1. The van der Waals surface area contributed by atoms with Crippen LogP contribution in [0.15, 0.2) is 42.5 Å². The van der Waals surface area contributed by atoms with E-state index < -0.39 is 0 Å². The van der Waals surface area contributed by atoms with Crippen LogP contribution < -0.4 is 4.90 Å². The van der Waals surface area contributed by atoms with Crippen molar-refractivity contribution in [2.45, 2.75) is 39.8 Å². The van der Waals surface area contributed by atoms with E-state index in [4.69, 9.17) is 0 Å². The Balaban J connectivity index is 1.84. The summed E-state index contributed by atoms with van der Waals surface area (Å²) in [7, 11) is 0. The van der Waals surface area contributed by atoms with E-state index >= 15 is 0 Å². The number of ketones is 1. The van der Waals surface area contributed by atoms with Crippen LogP contribution in [0.25, 0.3) is 0 Å². The fourth-order valence-corrected chi connectivity index (χ4v) is 3.60. The first-order valence-electron chi connectivity index (χ1n) is 9.32. The summed E-state index contributed by atoms with van der Waals surface area (Å²) in [5.41, 5.74) is 3.04. The Morgan fingerprint density at radius 1 is 1.15 bits per heavy atom. The molecule has 0 aromatic heterocycles. The zero-order valence-corrected chi connectivity index (χ0v) is 16.1. The number of aromatic hydroxyl groups is 1. The number of amides is 1. The van der Waals surface area contributed by atoms with Gasteiger partial charge in [-0.3, -0.25) is 14.5 Å². The van der Waals surface area contributed by atoms with Gasteiger partial charge < -0.3 is 10.0 Å². The smallest absolute Gasteiger partial charge is 0.223 e. The molecule has 0 atom stereocenters. The van der Waals surface area contributed by atoms with Crippen LogP contribution in [0, 0.1) is 0 Å². The fraction of sp³-hybridized carbons (Fsp3) is 0.364. The number of anilines is 1. The highest BCUT2D eigenvalue weighted by molar-refractivity contribution is 6.04. The molecule has 1 heterocycles. The van der Waals surface area contributed by atoms with Gasteiger partial charge in [0.15, 0.2) is 5.78 Å². The van der Waals surface area contributed by atoms with Gasteiger partial charge in [0.05, 0.1) is 12.2 Å². The molecule has 0 saturated carbocycles. The zero-order chi connectivity index (χ0) is 19.6. The van der Waals surface area contributed by atoms with Crippen LogP contribution in [0.1, 0.15) is 42.3 Å². The maximum atomic E-state index is 13.1. The minimum Gasteiger partial charge on any atom is -0.506 e. The average Bonchev–Trinajstić information content (AvgIpc) is 3.08. The molecule has 0 radical (unpaired) electrons. The van der Waals surface area contributed by atoms with E-state index in [9.17, 15) is 14.7 Å². The lowest BCUT2D eigenvalue weighted by Crippen LogP contribution is -2.35. The molecule has 1 N–H and O–H groups in total. The van der Waals surface area contributed by atoms with Gasteiger partial charge >= 0.3 is 0 Å². The van der Waals surface area contributed by atoms with Crippen molar-refractivity contribution in [1.29, 1.82) is 0 Å². The topological polar surface area (TPSA) is 60.9 Å². The van der Waals surface area contributed by atoms with Crippen LogP contribution >= 0.6 is 0 Å². The van der Waals surface area contributed by atoms with Crippen LogP contribution in [0.5, 0.6) is 5.75 Å². The lowest BCUT2D eigenvalue weighted by molar-refractivity contribution is -0.116. The summed E-state index contributed by atoms with van der Waals surface area (Å²) in [6.07, 6.45) is 0.588. The van der Waals surface area contributed by atoms with Gasteiger partial charge in [0.2, 0.25) is 5.91 Å². The number of carbonyl (C=O) groups excluding carboxylic acids is 2. The van der Waals surface area contributed by atoms with Crippen LogP contribution in [-0.2, 0) is 17.8 Å². The Morgan fingerprint density at radius 2 is 1.85 bits per heavy atom. The third kappa shape index (κ3) is 4.03.